The minimum absolute atomic E-state index is 0.116. The quantitative estimate of drug-likeness (QED) is 0.838. The number of halogens is 3. The number of alkyl halides is 3. The molecule has 1 saturated heterocycles. The van der Waals surface area contributed by atoms with Crippen molar-refractivity contribution in [3.05, 3.63) is 30.4 Å². The summed E-state index contributed by atoms with van der Waals surface area (Å²) >= 11 is 0. The Morgan fingerprint density at radius 3 is 2.76 bits per heavy atom. The van der Waals surface area contributed by atoms with E-state index in [1.807, 2.05) is 6.08 Å². The van der Waals surface area contributed by atoms with Crippen LogP contribution in [0.2, 0.25) is 0 Å². The van der Waals surface area contributed by atoms with Gasteiger partial charge in [-0.05, 0) is 5.57 Å². The molecule has 1 aliphatic carbocycles. The first-order valence-electron chi connectivity index (χ1n) is 6.38. The van der Waals surface area contributed by atoms with Crippen molar-refractivity contribution < 1.29 is 22.7 Å². The summed E-state index contributed by atoms with van der Waals surface area (Å²) in [5, 5.41) is 3.05. The Kier molecular flexibility index (Phi) is 3.20. The van der Waals surface area contributed by atoms with Gasteiger partial charge in [0.15, 0.2) is 0 Å². The van der Waals surface area contributed by atoms with E-state index < -0.39 is 17.7 Å². The predicted octanol–water partition coefficient (Wildman–Crippen LogP) is 1.47. The first kappa shape index (κ1) is 14.0. The van der Waals surface area contributed by atoms with Gasteiger partial charge in [0, 0.05) is 43.4 Å². The summed E-state index contributed by atoms with van der Waals surface area (Å²) in [7, 11) is 0. The molecule has 112 valence electrons. The molecule has 1 aromatic rings. The summed E-state index contributed by atoms with van der Waals surface area (Å²) in [4.78, 5) is 18.9. The Labute approximate surface area is 118 Å². The number of rotatable bonds is 2. The summed E-state index contributed by atoms with van der Waals surface area (Å²) < 4.78 is 42.0. The molecule has 8 heteroatoms. The van der Waals surface area contributed by atoms with E-state index in [0.29, 0.717) is 6.42 Å². The van der Waals surface area contributed by atoms with Crippen LogP contribution in [0.5, 0.6) is 0 Å². The second kappa shape index (κ2) is 4.80. The van der Waals surface area contributed by atoms with Gasteiger partial charge in [0.2, 0.25) is 0 Å². The number of ether oxygens (including phenoxy) is 1. The molecular weight excluding hydrogens is 287 g/mol. The van der Waals surface area contributed by atoms with Gasteiger partial charge in [-0.1, -0.05) is 6.08 Å². The van der Waals surface area contributed by atoms with Gasteiger partial charge >= 0.3 is 12.1 Å². The summed E-state index contributed by atoms with van der Waals surface area (Å²) in [5.41, 5.74) is 0.349. The average molecular weight is 299 g/mol. The summed E-state index contributed by atoms with van der Waals surface area (Å²) in [5.74, 6) is -2.14. The lowest BCUT2D eigenvalue weighted by molar-refractivity contribution is -0.212. The Morgan fingerprint density at radius 1 is 1.38 bits per heavy atom. The minimum atomic E-state index is -4.98. The van der Waals surface area contributed by atoms with Gasteiger partial charge in [-0.25, -0.2) is 14.8 Å². The van der Waals surface area contributed by atoms with Crippen LogP contribution in [0.25, 0.3) is 5.57 Å². The van der Waals surface area contributed by atoms with Crippen LogP contribution in [0.1, 0.15) is 18.4 Å². The minimum Gasteiger partial charge on any atom is -0.451 e. The highest BCUT2D eigenvalue weighted by Gasteiger charge is 2.51. The fourth-order valence-corrected chi connectivity index (χ4v) is 2.80. The van der Waals surface area contributed by atoms with E-state index in [1.54, 1.807) is 12.4 Å². The number of nitrogens with one attached hydrogen (secondary N) is 1. The molecule has 1 aliphatic heterocycles. The fraction of sp³-hybridized carbons (Fsp3) is 0.462. The van der Waals surface area contributed by atoms with Crippen LogP contribution in [0, 0.1) is 0 Å². The lowest BCUT2D eigenvalue weighted by Crippen LogP contribution is -2.42. The number of carbonyl (C=O) groups excluding carboxylic acids is 1. The van der Waals surface area contributed by atoms with Gasteiger partial charge in [0.1, 0.15) is 11.9 Å². The van der Waals surface area contributed by atoms with Gasteiger partial charge in [0.05, 0.1) is 0 Å². The molecule has 0 spiro atoms. The second-order valence-electron chi connectivity index (χ2n) is 5.26. The Hall–Kier alpha value is -1.96. The van der Waals surface area contributed by atoms with Crippen molar-refractivity contribution in [1.29, 1.82) is 0 Å². The molecule has 2 aliphatic rings. The number of nitrogens with zero attached hydrogens (tertiary/aromatic N) is 2. The van der Waals surface area contributed by atoms with Crippen molar-refractivity contribution >= 4 is 11.5 Å². The molecule has 1 aromatic heterocycles. The maximum absolute atomic E-state index is 12.4. The molecule has 2 atom stereocenters. The zero-order chi connectivity index (χ0) is 15.1. The number of esters is 1. The van der Waals surface area contributed by atoms with Crippen molar-refractivity contribution in [1.82, 2.24) is 15.3 Å². The third kappa shape index (κ3) is 2.76. The SMILES string of the molecule is O=C(OC12CNC(C=C(c3cncnc3)C1)C2)C(F)(F)F. The van der Waals surface area contributed by atoms with Crippen molar-refractivity contribution in [2.75, 3.05) is 6.54 Å². The third-order valence-electron chi connectivity index (χ3n) is 3.67. The van der Waals surface area contributed by atoms with Gasteiger partial charge in [0.25, 0.3) is 0 Å². The normalized spacial score (nSPS) is 28.1. The van der Waals surface area contributed by atoms with E-state index in [0.717, 1.165) is 11.1 Å². The average Bonchev–Trinajstić information content (AvgIpc) is 2.73. The van der Waals surface area contributed by atoms with Crippen LogP contribution in [0.4, 0.5) is 13.2 Å². The molecule has 2 heterocycles. The molecule has 1 fully saturated rings. The first-order valence-corrected chi connectivity index (χ1v) is 6.38. The highest BCUT2D eigenvalue weighted by atomic mass is 19.4. The highest BCUT2D eigenvalue weighted by molar-refractivity contribution is 5.77. The van der Waals surface area contributed by atoms with Crippen LogP contribution in [-0.4, -0.2) is 40.3 Å². The van der Waals surface area contributed by atoms with Crippen molar-refractivity contribution in [3.63, 3.8) is 0 Å². The first-order chi connectivity index (χ1) is 9.88. The molecule has 0 amide bonds. The summed E-state index contributed by atoms with van der Waals surface area (Å²) in [6.45, 7) is 0.202. The molecular formula is C13H12F3N3O2. The summed E-state index contributed by atoms with van der Waals surface area (Å²) in [6, 6.07) is -0.116. The number of carbonyl (C=O) groups is 1. The van der Waals surface area contributed by atoms with E-state index >= 15 is 0 Å². The van der Waals surface area contributed by atoms with Gasteiger partial charge in [-0.15, -0.1) is 0 Å². The maximum Gasteiger partial charge on any atom is 0.490 e. The standard InChI is InChI=1S/C13H12F3N3O2/c14-13(15,16)11(20)21-12-2-8(1-10(3-12)19-6-12)9-4-17-7-18-5-9/h1,4-5,7,10,19H,2-3,6H2. The molecule has 5 nitrogen and oxygen atoms in total. The second-order valence-corrected chi connectivity index (χ2v) is 5.26. The van der Waals surface area contributed by atoms with E-state index in [9.17, 15) is 18.0 Å². The highest BCUT2D eigenvalue weighted by Crippen LogP contribution is 2.40. The Morgan fingerprint density at radius 2 is 2.10 bits per heavy atom. The zero-order valence-corrected chi connectivity index (χ0v) is 10.9. The third-order valence-corrected chi connectivity index (χ3v) is 3.67. The van der Waals surface area contributed by atoms with E-state index in [-0.39, 0.29) is 19.0 Å². The van der Waals surface area contributed by atoms with E-state index in [1.165, 1.54) is 6.33 Å². The van der Waals surface area contributed by atoms with E-state index in [2.05, 4.69) is 15.3 Å². The van der Waals surface area contributed by atoms with Gasteiger partial charge < -0.3 is 10.1 Å². The Balaban J connectivity index is 1.83. The number of hydrogen-bond donors (Lipinski definition) is 1. The fourth-order valence-electron chi connectivity index (χ4n) is 2.80. The van der Waals surface area contributed by atoms with Crippen LogP contribution < -0.4 is 5.32 Å². The van der Waals surface area contributed by atoms with Crippen molar-refractivity contribution in [2.24, 2.45) is 0 Å². The Bertz CT molecular complexity index is 588. The lowest BCUT2D eigenvalue weighted by Gasteiger charge is -2.32. The molecule has 2 bridgehead atoms. The molecule has 0 radical (unpaired) electrons. The molecule has 3 rings (SSSR count). The topological polar surface area (TPSA) is 64.1 Å². The largest absolute Gasteiger partial charge is 0.490 e. The molecule has 0 aromatic carbocycles. The predicted molar refractivity (Wildman–Crippen MR) is 65.9 cm³/mol. The number of aromatic nitrogens is 2. The zero-order valence-electron chi connectivity index (χ0n) is 10.9. The van der Waals surface area contributed by atoms with Crippen LogP contribution >= 0.6 is 0 Å². The molecule has 0 saturated carbocycles. The lowest BCUT2D eigenvalue weighted by atomic mass is 9.83. The molecule has 1 N–H and O–H groups in total. The van der Waals surface area contributed by atoms with Gasteiger partial charge in [-0.3, -0.25) is 0 Å². The number of fused-ring (bicyclic) bond motifs is 2. The van der Waals surface area contributed by atoms with Crippen molar-refractivity contribution in [3.8, 4) is 0 Å². The van der Waals surface area contributed by atoms with Gasteiger partial charge in [-0.2, -0.15) is 13.2 Å². The molecule has 2 unspecified atom stereocenters. The smallest absolute Gasteiger partial charge is 0.451 e. The van der Waals surface area contributed by atoms with Crippen LogP contribution in [-0.2, 0) is 9.53 Å². The van der Waals surface area contributed by atoms with Crippen LogP contribution in [0.15, 0.2) is 24.8 Å². The van der Waals surface area contributed by atoms with E-state index in [4.69, 9.17) is 4.74 Å². The maximum atomic E-state index is 12.4. The number of hydrogen-bond acceptors (Lipinski definition) is 5. The van der Waals surface area contributed by atoms with Crippen LogP contribution in [0.3, 0.4) is 0 Å². The molecule has 21 heavy (non-hydrogen) atoms. The monoisotopic (exact) mass is 299 g/mol. The summed E-state index contributed by atoms with van der Waals surface area (Å²) in [6.07, 6.45) is 2.04. The van der Waals surface area contributed by atoms with Crippen molar-refractivity contribution in [2.45, 2.75) is 30.7 Å².